The van der Waals surface area contributed by atoms with Gasteiger partial charge in [0.15, 0.2) is 0 Å². The van der Waals surface area contributed by atoms with Gasteiger partial charge in [0, 0.05) is 39.9 Å². The monoisotopic (exact) mass is 268 g/mol. The molecule has 0 aliphatic carbocycles. The molecule has 0 aliphatic heterocycles. The fraction of sp³-hybridized carbons (Fsp3) is 0.692. The molecule has 6 heteroatoms. The van der Waals surface area contributed by atoms with Gasteiger partial charge in [-0.2, -0.15) is 0 Å². The summed E-state index contributed by atoms with van der Waals surface area (Å²) in [5, 5.41) is 3.10. The molecular formula is C13H24N4O2. The van der Waals surface area contributed by atoms with Crippen LogP contribution in [0, 0.1) is 13.8 Å². The van der Waals surface area contributed by atoms with Crippen molar-refractivity contribution in [2.75, 3.05) is 57.8 Å². The number of hydrogen-bond donors (Lipinski definition) is 1. The summed E-state index contributed by atoms with van der Waals surface area (Å²) in [5.41, 5.74) is 1.04. The predicted molar refractivity (Wildman–Crippen MR) is 77.0 cm³/mol. The molecule has 1 heterocycles. The molecule has 0 spiro atoms. The van der Waals surface area contributed by atoms with Gasteiger partial charge in [0.25, 0.3) is 0 Å². The summed E-state index contributed by atoms with van der Waals surface area (Å²) in [6.45, 7) is 6.78. The Morgan fingerprint density at radius 2 is 1.63 bits per heavy atom. The maximum absolute atomic E-state index is 5.16. The number of aromatic nitrogens is 2. The Hall–Kier alpha value is -1.40. The first-order valence-corrected chi connectivity index (χ1v) is 6.39. The first kappa shape index (κ1) is 15.7. The Labute approximate surface area is 115 Å². The smallest absolute Gasteiger partial charge is 0.137 e. The lowest BCUT2D eigenvalue weighted by Gasteiger charge is -2.25. The van der Waals surface area contributed by atoms with Crippen LogP contribution in [0.4, 0.5) is 11.6 Å². The summed E-state index contributed by atoms with van der Waals surface area (Å²) in [5.74, 6) is 2.55. The van der Waals surface area contributed by atoms with E-state index in [1.54, 1.807) is 14.2 Å². The Morgan fingerprint density at radius 1 is 1.05 bits per heavy atom. The molecule has 19 heavy (non-hydrogen) atoms. The number of hydrogen-bond acceptors (Lipinski definition) is 6. The number of methoxy groups -OCH3 is 2. The van der Waals surface area contributed by atoms with Crippen molar-refractivity contribution in [3.05, 3.63) is 11.4 Å². The maximum Gasteiger partial charge on any atom is 0.137 e. The van der Waals surface area contributed by atoms with Crippen molar-refractivity contribution < 1.29 is 9.47 Å². The number of anilines is 2. The van der Waals surface area contributed by atoms with E-state index in [1.165, 1.54) is 0 Å². The second-order valence-corrected chi connectivity index (χ2v) is 4.29. The molecule has 0 radical (unpaired) electrons. The van der Waals surface area contributed by atoms with E-state index in [0.717, 1.165) is 36.1 Å². The number of nitrogens with zero attached hydrogens (tertiary/aromatic N) is 3. The van der Waals surface area contributed by atoms with E-state index in [9.17, 15) is 0 Å². The van der Waals surface area contributed by atoms with E-state index >= 15 is 0 Å². The van der Waals surface area contributed by atoms with Gasteiger partial charge in [0.2, 0.25) is 0 Å². The zero-order valence-corrected chi connectivity index (χ0v) is 12.5. The highest BCUT2D eigenvalue weighted by Gasteiger charge is 2.14. The summed E-state index contributed by atoms with van der Waals surface area (Å²) in [6.07, 6.45) is 0. The summed E-state index contributed by atoms with van der Waals surface area (Å²) in [7, 11) is 5.27. The fourth-order valence-corrected chi connectivity index (χ4v) is 1.89. The van der Waals surface area contributed by atoms with Crippen molar-refractivity contribution in [3.63, 3.8) is 0 Å². The number of ether oxygens (including phenoxy) is 2. The number of aryl methyl sites for hydroxylation is 1. The van der Waals surface area contributed by atoms with E-state index in [0.29, 0.717) is 13.2 Å². The summed E-state index contributed by atoms with van der Waals surface area (Å²) >= 11 is 0. The average molecular weight is 268 g/mol. The molecule has 1 aromatic heterocycles. The minimum Gasteiger partial charge on any atom is -0.383 e. The molecule has 0 aromatic carbocycles. The third-order valence-corrected chi connectivity index (χ3v) is 2.90. The van der Waals surface area contributed by atoms with Gasteiger partial charge in [-0.15, -0.1) is 0 Å². The van der Waals surface area contributed by atoms with Crippen LogP contribution < -0.4 is 10.2 Å². The third kappa shape index (κ3) is 4.33. The van der Waals surface area contributed by atoms with Crippen molar-refractivity contribution in [1.29, 1.82) is 0 Å². The Bertz CT molecular complexity index is 390. The van der Waals surface area contributed by atoms with Crippen molar-refractivity contribution in [2.45, 2.75) is 13.8 Å². The van der Waals surface area contributed by atoms with Gasteiger partial charge in [0.05, 0.1) is 13.2 Å². The van der Waals surface area contributed by atoms with Crippen LogP contribution >= 0.6 is 0 Å². The highest BCUT2D eigenvalue weighted by molar-refractivity contribution is 5.58. The van der Waals surface area contributed by atoms with Gasteiger partial charge in [-0.1, -0.05) is 0 Å². The van der Waals surface area contributed by atoms with Crippen molar-refractivity contribution in [3.8, 4) is 0 Å². The highest BCUT2D eigenvalue weighted by Crippen LogP contribution is 2.22. The lowest BCUT2D eigenvalue weighted by molar-refractivity contribution is 0.190. The predicted octanol–water partition coefficient (Wildman–Crippen LogP) is 1.23. The lowest BCUT2D eigenvalue weighted by Crippen LogP contribution is -2.32. The molecule has 108 valence electrons. The Morgan fingerprint density at radius 3 is 2.11 bits per heavy atom. The SMILES string of the molecule is CNc1nc(C)nc(N(CCOC)CCOC)c1C. The topological polar surface area (TPSA) is 59.5 Å². The summed E-state index contributed by atoms with van der Waals surface area (Å²) in [6, 6.07) is 0. The molecule has 0 aliphatic rings. The van der Waals surface area contributed by atoms with E-state index in [2.05, 4.69) is 20.2 Å². The van der Waals surface area contributed by atoms with Crippen LogP contribution in [0.15, 0.2) is 0 Å². The standard InChI is InChI=1S/C13H24N4O2/c1-10-12(14-3)15-11(2)16-13(10)17(6-8-18-4)7-9-19-5/h6-9H2,1-5H3,(H,14,15,16). The third-order valence-electron chi connectivity index (χ3n) is 2.90. The average Bonchev–Trinajstić information content (AvgIpc) is 2.41. The van der Waals surface area contributed by atoms with Crippen molar-refractivity contribution in [2.24, 2.45) is 0 Å². The first-order valence-electron chi connectivity index (χ1n) is 6.39. The second-order valence-electron chi connectivity index (χ2n) is 4.29. The van der Waals surface area contributed by atoms with Crippen LogP contribution in [0.1, 0.15) is 11.4 Å². The quantitative estimate of drug-likeness (QED) is 0.765. The summed E-state index contributed by atoms with van der Waals surface area (Å²) in [4.78, 5) is 11.1. The van der Waals surface area contributed by atoms with Crippen LogP contribution in [0.25, 0.3) is 0 Å². The normalized spacial score (nSPS) is 10.6. The van der Waals surface area contributed by atoms with Gasteiger partial charge in [0.1, 0.15) is 17.5 Å². The van der Waals surface area contributed by atoms with Crippen molar-refractivity contribution >= 4 is 11.6 Å². The van der Waals surface area contributed by atoms with Gasteiger partial charge in [-0.05, 0) is 13.8 Å². The second kappa shape index (κ2) is 7.91. The zero-order chi connectivity index (χ0) is 14.3. The van der Waals surface area contributed by atoms with Crippen LogP contribution in [0.2, 0.25) is 0 Å². The van der Waals surface area contributed by atoms with E-state index in [4.69, 9.17) is 9.47 Å². The Balaban J connectivity index is 3.02. The molecule has 0 bridgehead atoms. The molecule has 0 saturated carbocycles. The van der Waals surface area contributed by atoms with Gasteiger partial charge >= 0.3 is 0 Å². The Kier molecular flexibility index (Phi) is 6.52. The molecular weight excluding hydrogens is 244 g/mol. The summed E-state index contributed by atoms with van der Waals surface area (Å²) < 4.78 is 10.3. The molecule has 0 unspecified atom stereocenters. The minimum atomic E-state index is 0.654. The van der Waals surface area contributed by atoms with Gasteiger partial charge in [-0.25, -0.2) is 9.97 Å². The molecule has 0 fully saturated rings. The highest BCUT2D eigenvalue weighted by atomic mass is 16.5. The van der Waals surface area contributed by atoms with Gasteiger partial charge < -0.3 is 19.7 Å². The number of rotatable bonds is 8. The van der Waals surface area contributed by atoms with Crippen LogP contribution in [-0.4, -0.2) is 57.5 Å². The van der Waals surface area contributed by atoms with E-state index < -0.39 is 0 Å². The fourth-order valence-electron chi connectivity index (χ4n) is 1.89. The van der Waals surface area contributed by atoms with Gasteiger partial charge in [-0.3, -0.25) is 0 Å². The lowest BCUT2D eigenvalue weighted by atomic mass is 10.2. The molecule has 0 atom stereocenters. The molecule has 1 aromatic rings. The van der Waals surface area contributed by atoms with E-state index in [-0.39, 0.29) is 0 Å². The number of nitrogens with one attached hydrogen (secondary N) is 1. The molecule has 0 saturated heterocycles. The minimum absolute atomic E-state index is 0.654. The van der Waals surface area contributed by atoms with Crippen molar-refractivity contribution in [1.82, 2.24) is 9.97 Å². The van der Waals surface area contributed by atoms with E-state index in [1.807, 2.05) is 20.9 Å². The maximum atomic E-state index is 5.16. The molecule has 6 nitrogen and oxygen atoms in total. The first-order chi connectivity index (χ1) is 9.13. The van der Waals surface area contributed by atoms with Crippen LogP contribution in [0.5, 0.6) is 0 Å². The van der Waals surface area contributed by atoms with Crippen LogP contribution in [-0.2, 0) is 9.47 Å². The molecule has 1 rings (SSSR count). The largest absolute Gasteiger partial charge is 0.383 e. The molecule has 1 N–H and O–H groups in total. The molecule has 0 amide bonds. The van der Waals surface area contributed by atoms with Crippen LogP contribution in [0.3, 0.4) is 0 Å². The zero-order valence-electron chi connectivity index (χ0n) is 12.5.